The maximum absolute atomic E-state index is 2.44. The summed E-state index contributed by atoms with van der Waals surface area (Å²) >= 11 is 0. The highest BCUT2D eigenvalue weighted by atomic mass is 15.2. The normalized spacial score (nSPS) is 27.2. The van der Waals surface area contributed by atoms with Crippen LogP contribution in [0.15, 0.2) is 30.3 Å². The zero-order valence-corrected chi connectivity index (χ0v) is 10.6. The molecule has 88 valence electrons. The van der Waals surface area contributed by atoms with E-state index in [-0.39, 0.29) is 0 Å². The Bertz CT molecular complexity index is 321. The fourth-order valence-corrected chi connectivity index (χ4v) is 2.75. The fourth-order valence-electron chi connectivity index (χ4n) is 2.75. The second kappa shape index (κ2) is 4.98. The van der Waals surface area contributed by atoms with Gasteiger partial charge in [-0.2, -0.15) is 0 Å². The van der Waals surface area contributed by atoms with E-state index in [9.17, 15) is 0 Å². The number of hydrogen-bond acceptors (Lipinski definition) is 2. The van der Waals surface area contributed by atoms with E-state index in [1.165, 1.54) is 25.1 Å². The van der Waals surface area contributed by atoms with E-state index in [1.807, 2.05) is 0 Å². The lowest BCUT2D eigenvalue weighted by Crippen LogP contribution is -2.46. The van der Waals surface area contributed by atoms with Crippen LogP contribution in [0.5, 0.6) is 0 Å². The molecule has 0 radical (unpaired) electrons. The zero-order chi connectivity index (χ0) is 11.5. The van der Waals surface area contributed by atoms with E-state index in [2.05, 4.69) is 61.3 Å². The fraction of sp³-hybridized carbons (Fsp3) is 0.571. The third kappa shape index (κ3) is 2.45. The molecule has 2 rings (SSSR count). The van der Waals surface area contributed by atoms with Crippen molar-refractivity contribution in [1.82, 2.24) is 9.80 Å². The van der Waals surface area contributed by atoms with E-state index in [0.29, 0.717) is 12.0 Å². The third-order valence-corrected chi connectivity index (χ3v) is 3.67. The third-order valence-electron chi connectivity index (χ3n) is 3.67. The molecule has 0 amide bonds. The van der Waals surface area contributed by atoms with Crippen LogP contribution >= 0.6 is 0 Å². The van der Waals surface area contributed by atoms with Gasteiger partial charge in [0.2, 0.25) is 0 Å². The molecule has 1 saturated heterocycles. The molecular formula is C14H22N2. The summed E-state index contributed by atoms with van der Waals surface area (Å²) in [6.45, 7) is 2.39. The zero-order valence-electron chi connectivity index (χ0n) is 10.6. The van der Waals surface area contributed by atoms with E-state index in [0.717, 1.165) is 0 Å². The summed E-state index contributed by atoms with van der Waals surface area (Å²) in [7, 11) is 6.62. The Morgan fingerprint density at radius 2 is 1.88 bits per heavy atom. The van der Waals surface area contributed by atoms with E-state index >= 15 is 0 Å². The van der Waals surface area contributed by atoms with Crippen molar-refractivity contribution in [3.8, 4) is 0 Å². The highest BCUT2D eigenvalue weighted by Crippen LogP contribution is 2.29. The van der Waals surface area contributed by atoms with Crippen molar-refractivity contribution in [3.05, 3.63) is 35.9 Å². The van der Waals surface area contributed by atoms with Gasteiger partial charge in [-0.25, -0.2) is 0 Å². The summed E-state index contributed by atoms with van der Waals surface area (Å²) in [6, 6.07) is 11.6. The predicted octanol–water partition coefficient (Wildman–Crippen LogP) is 2.04. The monoisotopic (exact) mass is 218 g/mol. The first-order valence-electron chi connectivity index (χ1n) is 6.08. The first kappa shape index (κ1) is 11.6. The van der Waals surface area contributed by atoms with Gasteiger partial charge in [0.05, 0.1) is 0 Å². The molecular weight excluding hydrogens is 196 g/mol. The van der Waals surface area contributed by atoms with Gasteiger partial charge in [0.25, 0.3) is 0 Å². The van der Waals surface area contributed by atoms with Crippen LogP contribution in [0.3, 0.4) is 0 Å². The van der Waals surface area contributed by atoms with Crippen LogP contribution in [0.4, 0.5) is 0 Å². The van der Waals surface area contributed by atoms with Crippen molar-refractivity contribution in [2.75, 3.05) is 34.2 Å². The summed E-state index contributed by atoms with van der Waals surface area (Å²) in [5.74, 6) is 0.648. The molecule has 1 aliphatic heterocycles. The molecule has 1 aromatic carbocycles. The molecule has 1 aliphatic rings. The summed E-state index contributed by atoms with van der Waals surface area (Å²) in [6.07, 6.45) is 1.27. The second-order valence-electron chi connectivity index (χ2n) is 5.10. The van der Waals surface area contributed by atoms with Crippen molar-refractivity contribution in [2.24, 2.45) is 0 Å². The Kier molecular flexibility index (Phi) is 3.62. The Balaban J connectivity index is 2.21. The van der Waals surface area contributed by atoms with E-state index < -0.39 is 0 Å². The lowest BCUT2D eigenvalue weighted by atomic mass is 9.85. The number of nitrogens with zero attached hydrogens (tertiary/aromatic N) is 2. The van der Waals surface area contributed by atoms with Gasteiger partial charge in [0.15, 0.2) is 0 Å². The molecule has 0 aliphatic carbocycles. The van der Waals surface area contributed by atoms with Crippen molar-refractivity contribution in [3.63, 3.8) is 0 Å². The number of piperidine rings is 1. The van der Waals surface area contributed by atoms with E-state index in [1.54, 1.807) is 0 Å². The number of likely N-dealkylation sites (N-methyl/N-ethyl adjacent to an activating group) is 2. The smallest absolute Gasteiger partial charge is 0.0182 e. The number of benzene rings is 1. The molecule has 2 atom stereocenters. The average Bonchev–Trinajstić information content (AvgIpc) is 2.29. The molecule has 1 heterocycles. The van der Waals surface area contributed by atoms with Crippen LogP contribution in [-0.4, -0.2) is 50.1 Å². The SMILES string of the molecule is CN1CC[C@H](N(C)C)[C@H](c2ccccc2)C1. The van der Waals surface area contributed by atoms with Crippen molar-refractivity contribution in [1.29, 1.82) is 0 Å². The van der Waals surface area contributed by atoms with Crippen LogP contribution in [0.25, 0.3) is 0 Å². The molecule has 0 aromatic heterocycles. The van der Waals surface area contributed by atoms with Gasteiger partial charge in [-0.3, -0.25) is 0 Å². The van der Waals surface area contributed by atoms with Crippen LogP contribution in [-0.2, 0) is 0 Å². The predicted molar refractivity (Wildman–Crippen MR) is 68.8 cm³/mol. The molecule has 0 unspecified atom stereocenters. The lowest BCUT2D eigenvalue weighted by Gasteiger charge is -2.40. The van der Waals surface area contributed by atoms with Gasteiger partial charge in [-0.05, 0) is 39.7 Å². The number of hydrogen-bond donors (Lipinski definition) is 0. The highest BCUT2D eigenvalue weighted by Gasteiger charge is 2.29. The van der Waals surface area contributed by atoms with Gasteiger partial charge < -0.3 is 9.80 Å². The molecule has 0 saturated carbocycles. The second-order valence-corrected chi connectivity index (χ2v) is 5.10. The average molecular weight is 218 g/mol. The largest absolute Gasteiger partial charge is 0.306 e. The molecule has 16 heavy (non-hydrogen) atoms. The van der Waals surface area contributed by atoms with Crippen LogP contribution < -0.4 is 0 Å². The summed E-state index contributed by atoms with van der Waals surface area (Å²) < 4.78 is 0. The Hall–Kier alpha value is -0.860. The minimum absolute atomic E-state index is 0.648. The highest BCUT2D eigenvalue weighted by molar-refractivity contribution is 5.22. The quantitative estimate of drug-likeness (QED) is 0.749. The van der Waals surface area contributed by atoms with Crippen molar-refractivity contribution < 1.29 is 0 Å². The minimum Gasteiger partial charge on any atom is -0.306 e. The first-order chi connectivity index (χ1) is 7.68. The lowest BCUT2D eigenvalue weighted by molar-refractivity contribution is 0.140. The molecule has 1 fully saturated rings. The number of likely N-dealkylation sites (tertiary alicyclic amines) is 1. The summed E-state index contributed by atoms with van der Waals surface area (Å²) in [5.41, 5.74) is 1.48. The molecule has 0 bridgehead atoms. The van der Waals surface area contributed by atoms with Crippen LogP contribution in [0, 0.1) is 0 Å². The standard InChI is InChI=1S/C14H22N2/c1-15(2)14-9-10-16(3)11-13(14)12-7-5-4-6-8-12/h4-8,13-14H,9-11H2,1-3H3/t13-,14-/m0/s1. The Morgan fingerprint density at radius 1 is 1.19 bits per heavy atom. The summed E-state index contributed by atoms with van der Waals surface area (Å²) in [4.78, 5) is 4.82. The summed E-state index contributed by atoms with van der Waals surface area (Å²) in [5, 5.41) is 0. The van der Waals surface area contributed by atoms with Gasteiger partial charge in [-0.1, -0.05) is 30.3 Å². The molecule has 1 aromatic rings. The van der Waals surface area contributed by atoms with Gasteiger partial charge in [0, 0.05) is 18.5 Å². The maximum atomic E-state index is 2.44. The van der Waals surface area contributed by atoms with Crippen LogP contribution in [0.2, 0.25) is 0 Å². The van der Waals surface area contributed by atoms with Crippen molar-refractivity contribution in [2.45, 2.75) is 18.4 Å². The topological polar surface area (TPSA) is 6.48 Å². The van der Waals surface area contributed by atoms with Crippen molar-refractivity contribution >= 4 is 0 Å². The van der Waals surface area contributed by atoms with Gasteiger partial charge in [-0.15, -0.1) is 0 Å². The molecule has 0 N–H and O–H groups in total. The minimum atomic E-state index is 0.648. The molecule has 2 nitrogen and oxygen atoms in total. The van der Waals surface area contributed by atoms with Crippen LogP contribution in [0.1, 0.15) is 17.9 Å². The Labute approximate surface area is 98.9 Å². The van der Waals surface area contributed by atoms with Gasteiger partial charge >= 0.3 is 0 Å². The number of rotatable bonds is 2. The first-order valence-corrected chi connectivity index (χ1v) is 6.08. The maximum Gasteiger partial charge on any atom is 0.0182 e. The Morgan fingerprint density at radius 3 is 2.50 bits per heavy atom. The molecule has 0 spiro atoms. The molecule has 2 heteroatoms. The van der Waals surface area contributed by atoms with Gasteiger partial charge in [0.1, 0.15) is 0 Å². The van der Waals surface area contributed by atoms with E-state index in [4.69, 9.17) is 0 Å².